The van der Waals surface area contributed by atoms with Gasteiger partial charge in [0.15, 0.2) is 23.0 Å². The van der Waals surface area contributed by atoms with Gasteiger partial charge in [-0.05, 0) is 47.6 Å². The van der Waals surface area contributed by atoms with Crippen LogP contribution in [0.1, 0.15) is 72.9 Å². The monoisotopic (exact) mass is 692 g/mol. The van der Waals surface area contributed by atoms with Crippen molar-refractivity contribution >= 4 is 34.0 Å². The standard InChI is InChI=1S/C38H48N2O10/c1-19(2)27-23-15-21(5)29(35(45)31(23)25(33(43)37(27)47)17-39-7-11-49-13-9-41)30-22(6)16-24-28(20(3)4)38(48)34(44)26(32(24)36(30)46)18-40-8-12-50-14-10-42/h15-20,41-48H,7-14H2,1-6H3. The zero-order valence-corrected chi connectivity index (χ0v) is 29.4. The van der Waals surface area contributed by atoms with Crippen LogP contribution in [-0.2, 0) is 9.47 Å². The maximum Gasteiger partial charge on any atom is 0.167 e. The largest absolute Gasteiger partial charge is 0.507 e. The Bertz CT molecular complexity index is 1790. The number of phenolic OH excluding ortho intramolecular Hbond substituents is 6. The molecule has 8 N–H and O–H groups in total. The van der Waals surface area contributed by atoms with E-state index < -0.39 is 11.5 Å². The van der Waals surface area contributed by atoms with Gasteiger partial charge in [0.05, 0.1) is 52.7 Å². The van der Waals surface area contributed by atoms with Gasteiger partial charge in [-0.1, -0.05) is 39.8 Å². The Morgan fingerprint density at radius 2 is 0.920 bits per heavy atom. The number of aliphatic hydroxyl groups excluding tert-OH is 2. The predicted molar refractivity (Wildman–Crippen MR) is 195 cm³/mol. The minimum atomic E-state index is -0.464. The molecule has 0 heterocycles. The minimum Gasteiger partial charge on any atom is -0.507 e. The van der Waals surface area contributed by atoms with E-state index >= 15 is 0 Å². The van der Waals surface area contributed by atoms with Crippen molar-refractivity contribution in [2.75, 3.05) is 52.7 Å². The van der Waals surface area contributed by atoms with Crippen LogP contribution in [0, 0.1) is 13.8 Å². The first-order valence-corrected chi connectivity index (χ1v) is 16.6. The fourth-order valence-corrected chi connectivity index (χ4v) is 6.50. The second-order valence-corrected chi connectivity index (χ2v) is 12.8. The minimum absolute atomic E-state index is 0.0710. The summed E-state index contributed by atoms with van der Waals surface area (Å²) in [6.07, 6.45) is 2.70. The molecule has 0 amide bonds. The van der Waals surface area contributed by atoms with Gasteiger partial charge in [0.2, 0.25) is 0 Å². The van der Waals surface area contributed by atoms with Crippen molar-refractivity contribution < 1.29 is 50.3 Å². The van der Waals surface area contributed by atoms with E-state index in [1.165, 1.54) is 12.4 Å². The predicted octanol–water partition coefficient (Wildman–Crippen LogP) is 5.61. The maximum absolute atomic E-state index is 12.2. The molecule has 50 heavy (non-hydrogen) atoms. The maximum atomic E-state index is 12.2. The Hall–Kier alpha value is -4.62. The summed E-state index contributed by atoms with van der Waals surface area (Å²) in [5.41, 5.74) is 2.63. The van der Waals surface area contributed by atoms with Gasteiger partial charge in [-0.3, -0.25) is 9.98 Å². The quantitative estimate of drug-likeness (QED) is 0.0439. The summed E-state index contributed by atoms with van der Waals surface area (Å²) in [4.78, 5) is 8.68. The number of aliphatic hydroxyl groups is 2. The van der Waals surface area contributed by atoms with Gasteiger partial charge in [-0.15, -0.1) is 0 Å². The highest BCUT2D eigenvalue weighted by Crippen LogP contribution is 2.54. The van der Waals surface area contributed by atoms with Crippen LogP contribution in [0.4, 0.5) is 0 Å². The van der Waals surface area contributed by atoms with E-state index in [1.54, 1.807) is 26.0 Å². The molecule has 0 aliphatic carbocycles. The van der Waals surface area contributed by atoms with Crippen LogP contribution in [0.25, 0.3) is 32.7 Å². The first kappa shape index (κ1) is 38.2. The second-order valence-electron chi connectivity index (χ2n) is 12.8. The van der Waals surface area contributed by atoms with Gasteiger partial charge in [0, 0.05) is 56.6 Å². The molecule has 0 aliphatic rings. The van der Waals surface area contributed by atoms with Gasteiger partial charge in [0.1, 0.15) is 11.5 Å². The van der Waals surface area contributed by atoms with E-state index in [9.17, 15) is 30.6 Å². The van der Waals surface area contributed by atoms with Gasteiger partial charge < -0.3 is 50.3 Å². The van der Waals surface area contributed by atoms with E-state index in [0.29, 0.717) is 33.0 Å². The fourth-order valence-electron chi connectivity index (χ4n) is 6.50. The number of benzene rings is 4. The summed E-state index contributed by atoms with van der Waals surface area (Å²) < 4.78 is 10.5. The van der Waals surface area contributed by atoms with Gasteiger partial charge in [-0.25, -0.2) is 0 Å². The van der Waals surface area contributed by atoms with Crippen LogP contribution >= 0.6 is 0 Å². The van der Waals surface area contributed by atoms with Crippen molar-refractivity contribution in [3.63, 3.8) is 0 Å². The zero-order valence-electron chi connectivity index (χ0n) is 29.4. The first-order chi connectivity index (χ1) is 23.8. The molecular formula is C38H48N2O10. The summed E-state index contributed by atoms with van der Waals surface area (Å²) in [5.74, 6) is -2.62. The lowest BCUT2D eigenvalue weighted by Gasteiger charge is -2.23. The number of rotatable bonds is 15. The number of ether oxygens (including phenoxy) is 2. The third-order valence-electron chi connectivity index (χ3n) is 8.63. The lowest BCUT2D eigenvalue weighted by molar-refractivity contribution is 0.0978. The summed E-state index contributed by atoms with van der Waals surface area (Å²) in [5, 5.41) is 88.4. The normalized spacial score (nSPS) is 12.3. The van der Waals surface area contributed by atoms with Crippen LogP contribution in [0.3, 0.4) is 0 Å². The number of phenols is 6. The van der Waals surface area contributed by atoms with E-state index in [4.69, 9.17) is 19.7 Å². The smallest absolute Gasteiger partial charge is 0.167 e. The number of aromatic hydroxyl groups is 6. The fraction of sp³-hybridized carbons (Fsp3) is 0.421. The van der Waals surface area contributed by atoms with Crippen molar-refractivity contribution in [3.05, 3.63) is 45.5 Å². The van der Waals surface area contributed by atoms with Gasteiger partial charge >= 0.3 is 0 Å². The zero-order chi connectivity index (χ0) is 36.9. The number of hydrogen-bond acceptors (Lipinski definition) is 12. The number of aryl methyl sites for hydroxylation is 2. The van der Waals surface area contributed by atoms with E-state index in [2.05, 4.69) is 9.98 Å². The molecule has 4 aromatic rings. The molecule has 0 spiro atoms. The highest BCUT2D eigenvalue weighted by atomic mass is 16.5. The highest BCUT2D eigenvalue weighted by Gasteiger charge is 2.29. The van der Waals surface area contributed by atoms with E-state index in [0.717, 1.165) is 0 Å². The number of hydrogen-bond donors (Lipinski definition) is 8. The molecule has 12 heteroatoms. The molecule has 0 aliphatic heterocycles. The average molecular weight is 693 g/mol. The molecule has 4 rings (SSSR count). The summed E-state index contributed by atoms with van der Waals surface area (Å²) in [6, 6.07) is 3.57. The molecule has 0 unspecified atom stereocenters. The van der Waals surface area contributed by atoms with Crippen LogP contribution in [-0.4, -0.2) is 106 Å². The number of fused-ring (bicyclic) bond motifs is 2. The SMILES string of the molecule is Cc1cc2c(C(C)C)c(O)c(O)c(C=NCCOCCO)c2c(O)c1-c1c(C)cc2c(C(C)C)c(O)c(O)c(C=NCCOCCO)c2c1O. The molecule has 12 nitrogen and oxygen atoms in total. The number of nitrogens with zero attached hydrogens (tertiary/aromatic N) is 2. The summed E-state index contributed by atoms with van der Waals surface area (Å²) in [6.45, 7) is 11.8. The van der Waals surface area contributed by atoms with Crippen molar-refractivity contribution in [3.8, 4) is 45.6 Å². The van der Waals surface area contributed by atoms with E-state index in [1.807, 2.05) is 27.7 Å². The molecule has 270 valence electrons. The van der Waals surface area contributed by atoms with Crippen molar-refractivity contribution in [2.24, 2.45) is 9.98 Å². The molecular weight excluding hydrogens is 644 g/mol. The highest BCUT2D eigenvalue weighted by molar-refractivity contribution is 6.15. The lowest BCUT2D eigenvalue weighted by Crippen LogP contribution is -2.04. The van der Waals surface area contributed by atoms with Crippen molar-refractivity contribution in [1.29, 1.82) is 0 Å². The van der Waals surface area contributed by atoms with Gasteiger partial charge in [0.25, 0.3) is 0 Å². The summed E-state index contributed by atoms with van der Waals surface area (Å²) >= 11 is 0. The molecule has 0 fully saturated rings. The Morgan fingerprint density at radius 3 is 1.24 bits per heavy atom. The second kappa shape index (κ2) is 16.4. The van der Waals surface area contributed by atoms with Crippen molar-refractivity contribution in [2.45, 2.75) is 53.4 Å². The third-order valence-corrected chi connectivity index (χ3v) is 8.63. The lowest BCUT2D eigenvalue weighted by atomic mass is 9.83. The molecule has 0 radical (unpaired) electrons. The molecule has 0 saturated heterocycles. The molecule has 0 atom stereocenters. The molecule has 0 saturated carbocycles. The Morgan fingerprint density at radius 1 is 0.560 bits per heavy atom. The van der Waals surface area contributed by atoms with Crippen LogP contribution in [0.2, 0.25) is 0 Å². The number of aliphatic imine (C=N–C) groups is 2. The average Bonchev–Trinajstić information content (AvgIpc) is 3.05. The third kappa shape index (κ3) is 7.29. The topological polar surface area (TPSA) is 205 Å². The van der Waals surface area contributed by atoms with Crippen LogP contribution in [0.5, 0.6) is 34.5 Å². The van der Waals surface area contributed by atoms with Crippen LogP contribution < -0.4 is 0 Å². The van der Waals surface area contributed by atoms with Crippen LogP contribution in [0.15, 0.2) is 22.1 Å². The molecule has 0 bridgehead atoms. The first-order valence-electron chi connectivity index (χ1n) is 16.6. The molecule has 4 aromatic carbocycles. The van der Waals surface area contributed by atoms with E-state index in [-0.39, 0.29) is 121 Å². The Balaban J connectivity index is 2.08. The Kier molecular flexibility index (Phi) is 12.5. The van der Waals surface area contributed by atoms with Gasteiger partial charge in [-0.2, -0.15) is 0 Å². The Labute approximate surface area is 291 Å². The molecule has 0 aromatic heterocycles. The van der Waals surface area contributed by atoms with Crippen molar-refractivity contribution in [1.82, 2.24) is 0 Å². The summed E-state index contributed by atoms with van der Waals surface area (Å²) in [7, 11) is 0.